The maximum Gasteiger partial charge on any atom is 0.358 e. The van der Waals surface area contributed by atoms with Crippen LogP contribution in [0, 0.1) is 0 Å². The molecule has 0 saturated carbocycles. The number of ether oxygens (including phenoxy) is 3. The van der Waals surface area contributed by atoms with Gasteiger partial charge in [0.05, 0.1) is 13.2 Å². The van der Waals surface area contributed by atoms with Crippen molar-refractivity contribution in [3.63, 3.8) is 0 Å². The molecular formula is C35H47N3O4. The van der Waals surface area contributed by atoms with Crippen molar-refractivity contribution >= 4 is 17.3 Å². The lowest BCUT2D eigenvalue weighted by atomic mass is 9.79. The zero-order valence-corrected chi connectivity index (χ0v) is 26.2. The summed E-state index contributed by atoms with van der Waals surface area (Å²) in [6.07, 6.45) is 6.13. The third-order valence-corrected chi connectivity index (χ3v) is 7.97. The average Bonchev–Trinajstić information content (AvgIpc) is 3.31. The minimum absolute atomic E-state index is 0.312. The van der Waals surface area contributed by atoms with Crippen LogP contribution in [0.5, 0.6) is 11.5 Å². The van der Waals surface area contributed by atoms with E-state index in [2.05, 4.69) is 72.8 Å². The van der Waals surface area contributed by atoms with Gasteiger partial charge in [-0.2, -0.15) is 0 Å². The molecule has 0 amide bonds. The molecule has 2 aromatic carbocycles. The van der Waals surface area contributed by atoms with Gasteiger partial charge in [0.2, 0.25) is 0 Å². The summed E-state index contributed by atoms with van der Waals surface area (Å²) in [6, 6.07) is 16.3. The normalized spacial score (nSPS) is 15.7. The fourth-order valence-electron chi connectivity index (χ4n) is 5.84. The molecular weight excluding hydrogens is 526 g/mol. The van der Waals surface area contributed by atoms with Gasteiger partial charge in [-0.1, -0.05) is 32.8 Å². The van der Waals surface area contributed by atoms with Gasteiger partial charge in [0.1, 0.15) is 11.5 Å². The number of fused-ring (bicyclic) bond motifs is 1. The molecule has 4 rings (SSSR count). The third-order valence-electron chi connectivity index (χ3n) is 7.97. The summed E-state index contributed by atoms with van der Waals surface area (Å²) in [7, 11) is 0. The lowest BCUT2D eigenvalue weighted by Crippen LogP contribution is -2.32. The fourth-order valence-corrected chi connectivity index (χ4v) is 5.84. The van der Waals surface area contributed by atoms with Gasteiger partial charge in [0.15, 0.2) is 11.3 Å². The van der Waals surface area contributed by atoms with Crippen molar-refractivity contribution < 1.29 is 19.0 Å². The number of esters is 1. The van der Waals surface area contributed by atoms with Crippen LogP contribution in [0.1, 0.15) is 94.4 Å². The number of cyclic esters (lactones) is 1. The molecule has 42 heavy (non-hydrogen) atoms. The summed E-state index contributed by atoms with van der Waals surface area (Å²) in [5, 5.41) is 0. The SMILES string of the molecule is CCCCN(CCCC)c1ccc(C2(c3ccc(N(CC)CC)cc3OCC)OC(=O)c3ncccc32)c(OCC)c1. The van der Waals surface area contributed by atoms with Crippen molar-refractivity contribution in [3.8, 4) is 11.5 Å². The van der Waals surface area contributed by atoms with Crippen molar-refractivity contribution in [2.75, 3.05) is 49.2 Å². The number of unbranched alkanes of at least 4 members (excludes halogenated alkanes) is 2. The van der Waals surface area contributed by atoms with E-state index in [4.69, 9.17) is 14.2 Å². The molecule has 1 aliphatic heterocycles. The van der Waals surface area contributed by atoms with E-state index in [0.717, 1.165) is 74.4 Å². The van der Waals surface area contributed by atoms with Crippen molar-refractivity contribution in [3.05, 3.63) is 77.1 Å². The molecule has 0 N–H and O–H groups in total. The van der Waals surface area contributed by atoms with Crippen molar-refractivity contribution in [1.29, 1.82) is 0 Å². The smallest absolute Gasteiger partial charge is 0.358 e. The Bertz CT molecular complexity index is 1330. The lowest BCUT2D eigenvalue weighted by Gasteiger charge is -2.34. The predicted molar refractivity (Wildman–Crippen MR) is 170 cm³/mol. The topological polar surface area (TPSA) is 64.1 Å². The van der Waals surface area contributed by atoms with Crippen LogP contribution >= 0.6 is 0 Å². The molecule has 0 spiro atoms. The largest absolute Gasteiger partial charge is 0.493 e. The van der Waals surface area contributed by atoms with Gasteiger partial charge in [0, 0.05) is 72.6 Å². The van der Waals surface area contributed by atoms with Crippen LogP contribution in [0.3, 0.4) is 0 Å². The molecule has 1 aromatic heterocycles. The fraction of sp³-hybridized carbons (Fsp3) is 0.486. The second-order valence-electron chi connectivity index (χ2n) is 10.6. The Labute approximate surface area is 251 Å². The van der Waals surface area contributed by atoms with E-state index in [1.165, 1.54) is 0 Å². The molecule has 0 radical (unpaired) electrons. The molecule has 226 valence electrons. The zero-order valence-electron chi connectivity index (χ0n) is 26.2. The third kappa shape index (κ3) is 6.06. The lowest BCUT2D eigenvalue weighted by molar-refractivity contribution is 0.0234. The summed E-state index contributed by atoms with van der Waals surface area (Å²) >= 11 is 0. The number of anilines is 2. The van der Waals surface area contributed by atoms with Crippen molar-refractivity contribution in [1.82, 2.24) is 4.98 Å². The molecule has 1 unspecified atom stereocenters. The highest BCUT2D eigenvalue weighted by molar-refractivity contribution is 5.95. The number of aromatic nitrogens is 1. The number of benzene rings is 2. The molecule has 0 saturated heterocycles. The highest BCUT2D eigenvalue weighted by Crippen LogP contribution is 2.53. The molecule has 0 bridgehead atoms. The molecule has 0 fully saturated rings. The number of hydrogen-bond acceptors (Lipinski definition) is 7. The summed E-state index contributed by atoms with van der Waals surface area (Å²) in [5.74, 6) is 0.901. The molecule has 7 heteroatoms. The first kappa shape index (κ1) is 31.2. The number of carbonyl (C=O) groups excluding carboxylic acids is 1. The van der Waals surface area contributed by atoms with E-state index in [1.54, 1.807) is 6.20 Å². The minimum Gasteiger partial charge on any atom is -0.493 e. The maximum absolute atomic E-state index is 13.5. The molecule has 1 atom stereocenters. The zero-order chi connectivity index (χ0) is 30.1. The van der Waals surface area contributed by atoms with E-state index >= 15 is 0 Å². The monoisotopic (exact) mass is 573 g/mol. The number of pyridine rings is 1. The van der Waals surface area contributed by atoms with E-state index in [-0.39, 0.29) is 0 Å². The first-order valence-electron chi connectivity index (χ1n) is 15.7. The second kappa shape index (κ2) is 14.4. The standard InChI is InChI=1S/C35H47N3O4/c1-7-13-22-38(23-14-8-2)27-18-20-29(32(25-27)41-12-6)35(30-16-15-21-36-33(30)34(39)42-35)28-19-17-26(37(9-3)10-4)24-31(28)40-11-5/h15-21,24-25H,7-14,22-23H2,1-6H3. The Morgan fingerprint density at radius 2 is 1.29 bits per heavy atom. The predicted octanol–water partition coefficient (Wildman–Crippen LogP) is 7.59. The number of nitrogens with zero attached hydrogens (tertiary/aromatic N) is 3. The molecule has 0 aliphatic carbocycles. The van der Waals surface area contributed by atoms with Crippen LogP contribution in [-0.2, 0) is 10.3 Å². The van der Waals surface area contributed by atoms with Crippen molar-refractivity contribution in [2.45, 2.75) is 72.8 Å². The highest BCUT2D eigenvalue weighted by atomic mass is 16.6. The first-order valence-corrected chi connectivity index (χ1v) is 15.7. The van der Waals surface area contributed by atoms with E-state index in [9.17, 15) is 4.79 Å². The van der Waals surface area contributed by atoms with E-state index in [0.29, 0.717) is 36.0 Å². The van der Waals surface area contributed by atoms with Crippen LogP contribution in [0.4, 0.5) is 11.4 Å². The Morgan fingerprint density at radius 1 is 0.738 bits per heavy atom. The van der Waals surface area contributed by atoms with Gasteiger partial charge in [-0.25, -0.2) is 9.78 Å². The maximum atomic E-state index is 13.5. The van der Waals surface area contributed by atoms with Crippen LogP contribution < -0.4 is 19.3 Å². The van der Waals surface area contributed by atoms with Crippen LogP contribution in [-0.4, -0.2) is 50.3 Å². The van der Waals surface area contributed by atoms with Gasteiger partial charge >= 0.3 is 5.97 Å². The summed E-state index contributed by atoms with van der Waals surface area (Å²) in [4.78, 5) is 22.6. The summed E-state index contributed by atoms with van der Waals surface area (Å²) in [5.41, 5.74) is 3.39. The Kier molecular flexibility index (Phi) is 10.7. The molecule has 2 heterocycles. The van der Waals surface area contributed by atoms with E-state index in [1.807, 2.05) is 32.0 Å². The van der Waals surface area contributed by atoms with Gasteiger partial charge < -0.3 is 24.0 Å². The summed E-state index contributed by atoms with van der Waals surface area (Å²) in [6.45, 7) is 17.3. The Hall–Kier alpha value is -3.74. The molecule has 1 aliphatic rings. The average molecular weight is 574 g/mol. The molecule has 7 nitrogen and oxygen atoms in total. The van der Waals surface area contributed by atoms with Crippen LogP contribution in [0.25, 0.3) is 0 Å². The quantitative estimate of drug-likeness (QED) is 0.164. The van der Waals surface area contributed by atoms with Crippen LogP contribution in [0.15, 0.2) is 54.7 Å². The van der Waals surface area contributed by atoms with Gasteiger partial charge in [0.25, 0.3) is 0 Å². The van der Waals surface area contributed by atoms with Gasteiger partial charge in [-0.3, -0.25) is 0 Å². The summed E-state index contributed by atoms with van der Waals surface area (Å²) < 4.78 is 19.1. The number of hydrogen-bond donors (Lipinski definition) is 0. The number of rotatable bonds is 16. The van der Waals surface area contributed by atoms with Crippen molar-refractivity contribution in [2.24, 2.45) is 0 Å². The van der Waals surface area contributed by atoms with E-state index < -0.39 is 11.6 Å². The Morgan fingerprint density at radius 3 is 1.79 bits per heavy atom. The molecule has 3 aromatic rings. The van der Waals surface area contributed by atoms with Gasteiger partial charge in [-0.15, -0.1) is 0 Å². The van der Waals surface area contributed by atoms with Gasteiger partial charge in [-0.05, 0) is 70.9 Å². The highest BCUT2D eigenvalue weighted by Gasteiger charge is 2.52. The Balaban J connectivity index is 1.98. The minimum atomic E-state index is -1.28. The van der Waals surface area contributed by atoms with Crippen LogP contribution in [0.2, 0.25) is 0 Å². The first-order chi connectivity index (χ1) is 20.5. The number of carbonyl (C=O) groups is 1. The second-order valence-corrected chi connectivity index (χ2v) is 10.6.